The molecule has 0 atom stereocenters. The molecule has 0 amide bonds. The Morgan fingerprint density at radius 3 is 1.60 bits per heavy atom. The minimum Gasteiger partial charge on any atom is -0.289 e. The number of carbonyl (C=O) groups is 1. The van der Waals surface area contributed by atoms with Crippen molar-refractivity contribution < 1.29 is 4.79 Å². The van der Waals surface area contributed by atoms with E-state index >= 15 is 0 Å². The van der Waals surface area contributed by atoms with E-state index in [9.17, 15) is 4.79 Å². The topological polar surface area (TPSA) is 17.1 Å². The Bertz CT molecular complexity index is 633. The smallest absolute Gasteiger partial charge is 0.194 e. The summed E-state index contributed by atoms with van der Waals surface area (Å²) in [6.45, 7) is 11.6. The van der Waals surface area contributed by atoms with Crippen LogP contribution >= 0.6 is 0 Å². The van der Waals surface area contributed by atoms with Crippen LogP contribution in [0.25, 0.3) is 12.2 Å². The number of ketones is 1. The molecular weight excluding hydrogens is 244 g/mol. The zero-order valence-corrected chi connectivity index (χ0v) is 11.9. The Hall–Kier alpha value is -2.41. The van der Waals surface area contributed by atoms with E-state index in [-0.39, 0.29) is 5.78 Å². The molecule has 0 bridgehead atoms. The van der Waals surface area contributed by atoms with Gasteiger partial charge in [-0.2, -0.15) is 0 Å². The van der Waals surface area contributed by atoms with Crippen molar-refractivity contribution in [3.8, 4) is 0 Å². The van der Waals surface area contributed by atoms with Gasteiger partial charge in [-0.1, -0.05) is 61.7 Å². The summed E-state index contributed by atoms with van der Waals surface area (Å²) in [4.78, 5) is 12.8. The number of hydrogen-bond donors (Lipinski definition) is 0. The third kappa shape index (κ3) is 2.35. The maximum absolute atomic E-state index is 12.8. The maximum Gasteiger partial charge on any atom is 0.194 e. The molecule has 1 heteroatoms. The van der Waals surface area contributed by atoms with Crippen LogP contribution in [-0.2, 0) is 0 Å². The molecule has 0 saturated heterocycles. The van der Waals surface area contributed by atoms with Crippen LogP contribution in [0, 0.1) is 13.8 Å². The lowest BCUT2D eigenvalue weighted by molar-refractivity contribution is 0.103. The fourth-order valence-corrected chi connectivity index (χ4v) is 2.44. The number of rotatable bonds is 4. The monoisotopic (exact) mass is 262 g/mol. The van der Waals surface area contributed by atoms with E-state index in [0.717, 1.165) is 22.3 Å². The first-order valence-corrected chi connectivity index (χ1v) is 6.59. The van der Waals surface area contributed by atoms with Gasteiger partial charge in [-0.15, -0.1) is 0 Å². The molecule has 100 valence electrons. The van der Waals surface area contributed by atoms with Crippen LogP contribution in [0.4, 0.5) is 0 Å². The summed E-state index contributed by atoms with van der Waals surface area (Å²) >= 11 is 0. The molecule has 0 N–H and O–H groups in total. The Balaban J connectivity index is 2.64. The molecule has 2 aromatic rings. The highest BCUT2D eigenvalue weighted by molar-refractivity contribution is 6.13. The van der Waals surface area contributed by atoms with Crippen LogP contribution in [0.1, 0.15) is 38.2 Å². The molecule has 0 radical (unpaired) electrons. The molecule has 0 aliphatic rings. The predicted octanol–water partition coefficient (Wildman–Crippen LogP) is 4.82. The summed E-state index contributed by atoms with van der Waals surface area (Å²) < 4.78 is 0. The number of aryl methyl sites for hydroxylation is 2. The van der Waals surface area contributed by atoms with Crippen molar-refractivity contribution in [2.24, 2.45) is 0 Å². The van der Waals surface area contributed by atoms with Crippen molar-refractivity contribution in [3.63, 3.8) is 0 Å². The van der Waals surface area contributed by atoms with E-state index in [2.05, 4.69) is 13.2 Å². The molecule has 2 rings (SSSR count). The fourth-order valence-electron chi connectivity index (χ4n) is 2.44. The first kappa shape index (κ1) is 14.0. The third-order valence-electron chi connectivity index (χ3n) is 3.55. The number of carbonyl (C=O) groups excluding carboxylic acids is 1. The van der Waals surface area contributed by atoms with Gasteiger partial charge in [-0.3, -0.25) is 4.79 Å². The number of benzene rings is 2. The molecule has 2 aromatic carbocycles. The molecule has 0 aromatic heterocycles. The largest absolute Gasteiger partial charge is 0.289 e. The lowest BCUT2D eigenvalue weighted by Gasteiger charge is -2.11. The molecule has 0 fully saturated rings. The molecule has 1 nitrogen and oxygen atoms in total. The minimum absolute atomic E-state index is 0.0159. The SMILES string of the molecule is C=Cc1c(C)cccc1C(=O)c1cccc(C)c1C=C. The molecule has 0 spiro atoms. The molecule has 0 aliphatic heterocycles. The summed E-state index contributed by atoms with van der Waals surface area (Å²) in [5.41, 5.74) is 5.28. The third-order valence-corrected chi connectivity index (χ3v) is 3.55. The Morgan fingerprint density at radius 2 is 1.25 bits per heavy atom. The van der Waals surface area contributed by atoms with Crippen LogP contribution in [0.3, 0.4) is 0 Å². The zero-order chi connectivity index (χ0) is 14.7. The van der Waals surface area contributed by atoms with Crippen molar-refractivity contribution in [2.45, 2.75) is 13.8 Å². The highest BCUT2D eigenvalue weighted by atomic mass is 16.1. The average molecular weight is 262 g/mol. The van der Waals surface area contributed by atoms with Gasteiger partial charge >= 0.3 is 0 Å². The second-order valence-corrected chi connectivity index (χ2v) is 4.81. The van der Waals surface area contributed by atoms with Gasteiger partial charge in [-0.05, 0) is 36.1 Å². The Labute approximate surface area is 120 Å². The quantitative estimate of drug-likeness (QED) is 0.722. The highest BCUT2D eigenvalue weighted by Gasteiger charge is 2.16. The minimum atomic E-state index is 0.0159. The van der Waals surface area contributed by atoms with Crippen molar-refractivity contribution >= 4 is 17.9 Å². The summed E-state index contributed by atoms with van der Waals surface area (Å²) in [7, 11) is 0. The first-order chi connectivity index (χ1) is 9.60. The van der Waals surface area contributed by atoms with Crippen molar-refractivity contribution in [3.05, 3.63) is 82.9 Å². The molecular formula is C19H18O. The fraction of sp³-hybridized carbons (Fsp3) is 0.105. The number of hydrogen-bond acceptors (Lipinski definition) is 1. The van der Waals surface area contributed by atoms with E-state index in [1.165, 1.54) is 0 Å². The van der Waals surface area contributed by atoms with Crippen LogP contribution < -0.4 is 0 Å². The van der Waals surface area contributed by atoms with Gasteiger partial charge in [0.15, 0.2) is 5.78 Å². The van der Waals surface area contributed by atoms with Crippen molar-refractivity contribution in [1.29, 1.82) is 0 Å². The van der Waals surface area contributed by atoms with Gasteiger partial charge in [0.1, 0.15) is 0 Å². The van der Waals surface area contributed by atoms with Gasteiger partial charge in [0.05, 0.1) is 0 Å². The van der Waals surface area contributed by atoms with Crippen LogP contribution in [0.5, 0.6) is 0 Å². The Kier molecular flexibility index (Phi) is 3.99. The molecule has 20 heavy (non-hydrogen) atoms. The molecule has 0 aliphatic carbocycles. The van der Waals surface area contributed by atoms with E-state index in [4.69, 9.17) is 0 Å². The van der Waals surface area contributed by atoms with Gasteiger partial charge in [0.2, 0.25) is 0 Å². The van der Waals surface area contributed by atoms with E-state index in [0.29, 0.717) is 11.1 Å². The summed E-state index contributed by atoms with van der Waals surface area (Å²) in [6.07, 6.45) is 3.48. The standard InChI is InChI=1S/C19H18O/c1-5-15-13(3)9-7-11-17(15)19(20)18-12-8-10-14(4)16(18)6-2/h5-12H,1-2H2,3-4H3. The van der Waals surface area contributed by atoms with Gasteiger partial charge in [0, 0.05) is 11.1 Å². The van der Waals surface area contributed by atoms with Crippen LogP contribution in [0.2, 0.25) is 0 Å². The van der Waals surface area contributed by atoms with E-state index in [1.54, 1.807) is 12.2 Å². The van der Waals surface area contributed by atoms with Crippen LogP contribution in [0.15, 0.2) is 49.6 Å². The lowest BCUT2D eigenvalue weighted by atomic mass is 9.91. The summed E-state index contributed by atoms with van der Waals surface area (Å²) in [5, 5.41) is 0. The zero-order valence-electron chi connectivity index (χ0n) is 11.9. The van der Waals surface area contributed by atoms with Gasteiger partial charge in [-0.25, -0.2) is 0 Å². The maximum atomic E-state index is 12.8. The van der Waals surface area contributed by atoms with Gasteiger partial charge < -0.3 is 0 Å². The van der Waals surface area contributed by atoms with Gasteiger partial charge in [0.25, 0.3) is 0 Å². The van der Waals surface area contributed by atoms with E-state index in [1.807, 2.05) is 50.2 Å². The predicted molar refractivity (Wildman–Crippen MR) is 86.0 cm³/mol. The van der Waals surface area contributed by atoms with Crippen molar-refractivity contribution in [2.75, 3.05) is 0 Å². The second kappa shape index (κ2) is 5.70. The van der Waals surface area contributed by atoms with E-state index < -0.39 is 0 Å². The summed E-state index contributed by atoms with van der Waals surface area (Å²) in [6, 6.07) is 11.5. The first-order valence-electron chi connectivity index (χ1n) is 6.59. The average Bonchev–Trinajstić information content (AvgIpc) is 2.46. The lowest BCUT2D eigenvalue weighted by Crippen LogP contribution is -2.07. The van der Waals surface area contributed by atoms with Crippen LogP contribution in [-0.4, -0.2) is 5.78 Å². The normalized spacial score (nSPS) is 10.1. The molecule has 0 saturated carbocycles. The summed E-state index contributed by atoms with van der Waals surface area (Å²) in [5.74, 6) is 0.0159. The molecule has 0 unspecified atom stereocenters. The molecule has 0 heterocycles. The highest BCUT2D eigenvalue weighted by Crippen LogP contribution is 2.23. The Morgan fingerprint density at radius 1 is 0.850 bits per heavy atom. The second-order valence-electron chi connectivity index (χ2n) is 4.81. The van der Waals surface area contributed by atoms with Crippen molar-refractivity contribution in [1.82, 2.24) is 0 Å².